The highest BCUT2D eigenvalue weighted by Gasteiger charge is 2.29. The monoisotopic (exact) mass is 319 g/mol. The average Bonchev–Trinajstić information content (AvgIpc) is 2.41. The van der Waals surface area contributed by atoms with Gasteiger partial charge in [0.2, 0.25) is 0 Å². The molecule has 0 amide bonds. The van der Waals surface area contributed by atoms with Crippen LogP contribution in [0.2, 0.25) is 0 Å². The lowest BCUT2D eigenvalue weighted by molar-refractivity contribution is -0.0328. The third kappa shape index (κ3) is 5.88. The number of benzene rings is 1. The van der Waals surface area contributed by atoms with Gasteiger partial charge >= 0.3 is 5.51 Å². The molecule has 0 spiro atoms. The summed E-state index contributed by atoms with van der Waals surface area (Å²) in [6.45, 7) is 1.36. The first kappa shape index (κ1) is 16.6. The van der Waals surface area contributed by atoms with Crippen molar-refractivity contribution in [3.8, 4) is 0 Å². The summed E-state index contributed by atoms with van der Waals surface area (Å²) in [5.41, 5.74) is -3.29. The molecule has 118 valence electrons. The van der Waals surface area contributed by atoms with Crippen LogP contribution in [0.3, 0.4) is 0 Å². The van der Waals surface area contributed by atoms with Gasteiger partial charge < -0.3 is 10.4 Å². The van der Waals surface area contributed by atoms with Crippen molar-refractivity contribution in [2.24, 2.45) is 5.92 Å². The van der Waals surface area contributed by atoms with E-state index in [1.54, 1.807) is 12.1 Å². The third-order valence-electron chi connectivity index (χ3n) is 3.76. The van der Waals surface area contributed by atoms with Gasteiger partial charge in [0.1, 0.15) is 0 Å². The average molecular weight is 319 g/mol. The van der Waals surface area contributed by atoms with Gasteiger partial charge in [0.15, 0.2) is 0 Å². The standard InChI is InChI=1S/C15H20F3NOS/c16-15(17,18)21-13-7-5-11(6-8-13)9-19-10-12-3-1-2-4-14(12)20/h5-8,12,14,19-20H,1-4,9-10H2. The molecule has 21 heavy (non-hydrogen) atoms. The fraction of sp³-hybridized carbons (Fsp3) is 0.600. The molecule has 2 rings (SSSR count). The minimum Gasteiger partial charge on any atom is -0.393 e. The quantitative estimate of drug-likeness (QED) is 0.806. The second-order valence-corrected chi connectivity index (χ2v) is 6.57. The SMILES string of the molecule is OC1CCCCC1CNCc1ccc(SC(F)(F)F)cc1. The zero-order valence-corrected chi connectivity index (χ0v) is 12.5. The normalized spacial score (nSPS) is 23.2. The van der Waals surface area contributed by atoms with Gasteiger partial charge in [0, 0.05) is 18.0 Å². The molecule has 6 heteroatoms. The molecular formula is C15H20F3NOS. The van der Waals surface area contributed by atoms with Crippen LogP contribution in [0.25, 0.3) is 0 Å². The van der Waals surface area contributed by atoms with Crippen LogP contribution in [-0.4, -0.2) is 23.3 Å². The van der Waals surface area contributed by atoms with Crippen LogP contribution in [-0.2, 0) is 6.54 Å². The number of halogens is 3. The molecule has 1 aromatic rings. The number of alkyl halides is 3. The molecule has 0 heterocycles. The Morgan fingerprint density at radius 1 is 1.14 bits per heavy atom. The van der Waals surface area contributed by atoms with Crippen molar-refractivity contribution in [1.29, 1.82) is 0 Å². The van der Waals surface area contributed by atoms with E-state index in [0.717, 1.165) is 37.8 Å². The van der Waals surface area contributed by atoms with Crippen molar-refractivity contribution in [1.82, 2.24) is 5.32 Å². The topological polar surface area (TPSA) is 32.3 Å². The van der Waals surface area contributed by atoms with Gasteiger partial charge in [-0.3, -0.25) is 0 Å². The van der Waals surface area contributed by atoms with Gasteiger partial charge in [0.05, 0.1) is 6.10 Å². The van der Waals surface area contributed by atoms with Crippen LogP contribution in [0.5, 0.6) is 0 Å². The highest BCUT2D eigenvalue weighted by molar-refractivity contribution is 8.00. The fourth-order valence-electron chi connectivity index (χ4n) is 2.64. The van der Waals surface area contributed by atoms with Crippen molar-refractivity contribution in [2.45, 2.75) is 48.7 Å². The van der Waals surface area contributed by atoms with Crippen molar-refractivity contribution >= 4 is 11.8 Å². The maximum Gasteiger partial charge on any atom is 0.446 e. The van der Waals surface area contributed by atoms with E-state index in [4.69, 9.17) is 0 Å². The minimum atomic E-state index is -4.24. The van der Waals surface area contributed by atoms with Crippen molar-refractivity contribution in [3.05, 3.63) is 29.8 Å². The van der Waals surface area contributed by atoms with Gasteiger partial charge in [-0.1, -0.05) is 25.0 Å². The molecule has 0 bridgehead atoms. The van der Waals surface area contributed by atoms with Gasteiger partial charge in [0.25, 0.3) is 0 Å². The zero-order chi connectivity index (χ0) is 15.3. The van der Waals surface area contributed by atoms with Crippen LogP contribution in [0, 0.1) is 5.92 Å². The van der Waals surface area contributed by atoms with E-state index < -0.39 is 5.51 Å². The first-order chi connectivity index (χ1) is 9.94. The number of aliphatic hydroxyl groups excluding tert-OH is 1. The summed E-state index contributed by atoms with van der Waals surface area (Å²) in [4.78, 5) is 0.203. The Labute approximate surface area is 127 Å². The first-order valence-corrected chi connectivity index (χ1v) is 7.99. The van der Waals surface area contributed by atoms with E-state index in [1.807, 2.05) is 0 Å². The van der Waals surface area contributed by atoms with Crippen LogP contribution in [0.4, 0.5) is 13.2 Å². The molecule has 1 aromatic carbocycles. The van der Waals surface area contributed by atoms with E-state index in [-0.39, 0.29) is 22.8 Å². The van der Waals surface area contributed by atoms with E-state index >= 15 is 0 Å². The first-order valence-electron chi connectivity index (χ1n) is 7.17. The van der Waals surface area contributed by atoms with Crippen LogP contribution < -0.4 is 5.32 Å². The van der Waals surface area contributed by atoms with E-state index in [2.05, 4.69) is 5.32 Å². The molecule has 1 aliphatic rings. The molecule has 0 aromatic heterocycles. The lowest BCUT2D eigenvalue weighted by Gasteiger charge is -2.27. The highest BCUT2D eigenvalue weighted by Crippen LogP contribution is 2.36. The lowest BCUT2D eigenvalue weighted by atomic mass is 9.86. The van der Waals surface area contributed by atoms with Crippen molar-refractivity contribution < 1.29 is 18.3 Å². The van der Waals surface area contributed by atoms with E-state index in [0.29, 0.717) is 12.5 Å². The second-order valence-electron chi connectivity index (χ2n) is 5.43. The lowest BCUT2D eigenvalue weighted by Crippen LogP contribution is -2.33. The Morgan fingerprint density at radius 3 is 2.43 bits per heavy atom. The van der Waals surface area contributed by atoms with Gasteiger partial charge in [-0.25, -0.2) is 0 Å². The molecular weight excluding hydrogens is 299 g/mol. The summed E-state index contributed by atoms with van der Waals surface area (Å²) in [7, 11) is 0. The third-order valence-corrected chi connectivity index (χ3v) is 4.50. The number of aliphatic hydroxyl groups is 1. The summed E-state index contributed by atoms with van der Waals surface area (Å²) >= 11 is -0.0972. The summed E-state index contributed by atoms with van der Waals surface area (Å²) < 4.78 is 36.6. The Balaban J connectivity index is 1.76. The maximum atomic E-state index is 12.2. The molecule has 1 fully saturated rings. The van der Waals surface area contributed by atoms with Gasteiger partial charge in [-0.05, 0) is 48.2 Å². The maximum absolute atomic E-state index is 12.2. The Bertz CT molecular complexity index is 436. The summed E-state index contributed by atoms with van der Waals surface area (Å²) in [6.07, 6.45) is 3.94. The summed E-state index contributed by atoms with van der Waals surface area (Å²) in [5, 5.41) is 13.1. The zero-order valence-electron chi connectivity index (χ0n) is 11.7. The smallest absolute Gasteiger partial charge is 0.393 e. The molecule has 2 unspecified atom stereocenters. The highest BCUT2D eigenvalue weighted by atomic mass is 32.2. The molecule has 0 saturated heterocycles. The van der Waals surface area contributed by atoms with E-state index in [1.165, 1.54) is 12.1 Å². The number of rotatable bonds is 5. The number of nitrogens with one attached hydrogen (secondary N) is 1. The van der Waals surface area contributed by atoms with Gasteiger partial charge in [-0.15, -0.1) is 0 Å². The molecule has 1 saturated carbocycles. The number of thioether (sulfide) groups is 1. The molecule has 1 aliphatic carbocycles. The molecule has 0 aliphatic heterocycles. The predicted molar refractivity (Wildman–Crippen MR) is 78.0 cm³/mol. The fourth-order valence-corrected chi connectivity index (χ4v) is 3.18. The van der Waals surface area contributed by atoms with Crippen molar-refractivity contribution in [2.75, 3.05) is 6.54 Å². The van der Waals surface area contributed by atoms with Crippen LogP contribution >= 0.6 is 11.8 Å². The minimum absolute atomic E-state index is 0.0972. The number of hydrogen-bond donors (Lipinski definition) is 2. The molecule has 2 N–H and O–H groups in total. The van der Waals surface area contributed by atoms with Crippen LogP contribution in [0.15, 0.2) is 29.2 Å². The number of hydrogen-bond acceptors (Lipinski definition) is 3. The molecule has 2 atom stereocenters. The van der Waals surface area contributed by atoms with E-state index in [9.17, 15) is 18.3 Å². The Kier molecular flexibility index (Phi) is 5.96. The summed E-state index contributed by atoms with van der Waals surface area (Å²) in [5.74, 6) is 0.291. The largest absolute Gasteiger partial charge is 0.446 e. The predicted octanol–water partition coefficient (Wildman–Crippen LogP) is 3.94. The Hall–Kier alpha value is -0.720. The van der Waals surface area contributed by atoms with Crippen molar-refractivity contribution in [3.63, 3.8) is 0 Å². The van der Waals surface area contributed by atoms with Crippen LogP contribution in [0.1, 0.15) is 31.2 Å². The second kappa shape index (κ2) is 7.51. The Morgan fingerprint density at radius 2 is 1.81 bits per heavy atom. The van der Waals surface area contributed by atoms with Gasteiger partial charge in [-0.2, -0.15) is 13.2 Å². The summed E-state index contributed by atoms with van der Waals surface area (Å²) in [6, 6.07) is 6.39. The molecule has 2 nitrogen and oxygen atoms in total. The molecule has 0 radical (unpaired) electrons.